The molecule has 3 nitrogen and oxygen atoms in total. The van der Waals surface area contributed by atoms with E-state index in [9.17, 15) is 8.42 Å². The summed E-state index contributed by atoms with van der Waals surface area (Å²) in [6.45, 7) is 7.01. The quantitative estimate of drug-likeness (QED) is 0.625. The van der Waals surface area contributed by atoms with E-state index in [1.807, 2.05) is 31.2 Å². The van der Waals surface area contributed by atoms with Crippen molar-refractivity contribution in [3.63, 3.8) is 0 Å². The van der Waals surface area contributed by atoms with Crippen molar-refractivity contribution in [2.45, 2.75) is 18.2 Å². The molecule has 0 saturated carbocycles. The molecule has 1 aliphatic heterocycles. The molecular weight excluding hydrogens is 354 g/mol. The van der Waals surface area contributed by atoms with Crippen LogP contribution < -0.4 is 0 Å². The standard InChI is InChI=1S/C23H23NO2S/c1-17-10-12-22(13-11-17)27(25,26)24-15-18(2)21(16-24)14-20-8-5-7-19-6-3-4-9-23(19)20/h3-13,21H,2,14-16H2,1H3. The summed E-state index contributed by atoms with van der Waals surface area (Å²) in [6.07, 6.45) is 0.806. The van der Waals surface area contributed by atoms with Crippen molar-refractivity contribution in [1.82, 2.24) is 4.31 Å². The minimum absolute atomic E-state index is 0.135. The molecule has 27 heavy (non-hydrogen) atoms. The van der Waals surface area contributed by atoms with Crippen LogP contribution in [0.5, 0.6) is 0 Å². The van der Waals surface area contributed by atoms with Crippen molar-refractivity contribution < 1.29 is 8.42 Å². The molecular formula is C23H23NO2S. The van der Waals surface area contributed by atoms with Gasteiger partial charge in [0, 0.05) is 13.1 Å². The largest absolute Gasteiger partial charge is 0.243 e. The van der Waals surface area contributed by atoms with E-state index in [2.05, 4.69) is 36.9 Å². The summed E-state index contributed by atoms with van der Waals surface area (Å²) >= 11 is 0. The highest BCUT2D eigenvalue weighted by Crippen LogP contribution is 2.31. The molecule has 1 unspecified atom stereocenters. The molecule has 0 aliphatic carbocycles. The van der Waals surface area contributed by atoms with Gasteiger partial charge in [-0.25, -0.2) is 8.42 Å². The van der Waals surface area contributed by atoms with E-state index in [1.54, 1.807) is 16.4 Å². The second-order valence-corrected chi connectivity index (χ2v) is 9.25. The van der Waals surface area contributed by atoms with Crippen molar-refractivity contribution in [3.8, 4) is 0 Å². The molecule has 1 saturated heterocycles. The van der Waals surface area contributed by atoms with Gasteiger partial charge in [0.05, 0.1) is 4.90 Å². The zero-order chi connectivity index (χ0) is 19.0. The first-order chi connectivity index (χ1) is 12.9. The molecule has 0 bridgehead atoms. The van der Waals surface area contributed by atoms with Gasteiger partial charge in [-0.15, -0.1) is 0 Å². The van der Waals surface area contributed by atoms with Crippen molar-refractivity contribution >= 4 is 20.8 Å². The monoisotopic (exact) mass is 377 g/mol. The highest BCUT2D eigenvalue weighted by molar-refractivity contribution is 7.89. The van der Waals surface area contributed by atoms with Gasteiger partial charge in [-0.2, -0.15) is 4.31 Å². The highest BCUT2D eigenvalue weighted by atomic mass is 32.2. The Morgan fingerprint density at radius 3 is 2.48 bits per heavy atom. The Balaban J connectivity index is 1.58. The molecule has 1 heterocycles. The van der Waals surface area contributed by atoms with Crippen LogP contribution in [0.15, 0.2) is 83.8 Å². The number of nitrogens with zero attached hydrogens (tertiary/aromatic N) is 1. The van der Waals surface area contributed by atoms with Gasteiger partial charge in [0.15, 0.2) is 0 Å². The number of sulfonamides is 1. The molecule has 4 rings (SSSR count). The van der Waals surface area contributed by atoms with Crippen LogP contribution in [0, 0.1) is 12.8 Å². The third kappa shape index (κ3) is 3.43. The van der Waals surface area contributed by atoms with Gasteiger partial charge in [-0.1, -0.05) is 72.3 Å². The van der Waals surface area contributed by atoms with E-state index in [1.165, 1.54) is 16.3 Å². The van der Waals surface area contributed by atoms with Crippen molar-refractivity contribution in [2.75, 3.05) is 13.1 Å². The summed E-state index contributed by atoms with van der Waals surface area (Å²) < 4.78 is 27.5. The first-order valence-electron chi connectivity index (χ1n) is 9.16. The molecule has 0 spiro atoms. The van der Waals surface area contributed by atoms with Crippen molar-refractivity contribution in [2.24, 2.45) is 5.92 Å². The molecule has 0 aromatic heterocycles. The molecule has 0 amide bonds. The second-order valence-electron chi connectivity index (χ2n) is 7.31. The van der Waals surface area contributed by atoms with Gasteiger partial charge in [0.1, 0.15) is 0 Å². The number of rotatable bonds is 4. The lowest BCUT2D eigenvalue weighted by atomic mass is 9.92. The fourth-order valence-corrected chi connectivity index (χ4v) is 5.27. The van der Waals surface area contributed by atoms with Crippen LogP contribution in [0.2, 0.25) is 0 Å². The second kappa shape index (κ2) is 6.95. The van der Waals surface area contributed by atoms with Gasteiger partial charge in [0.25, 0.3) is 0 Å². The molecule has 0 radical (unpaired) electrons. The fraction of sp³-hybridized carbons (Fsp3) is 0.217. The van der Waals surface area contributed by atoms with Crippen LogP contribution in [0.3, 0.4) is 0 Å². The Morgan fingerprint density at radius 1 is 1.00 bits per heavy atom. The SMILES string of the molecule is C=C1CN(S(=O)(=O)c2ccc(C)cc2)CC1Cc1cccc2ccccc12. The lowest BCUT2D eigenvalue weighted by molar-refractivity contribution is 0.456. The minimum Gasteiger partial charge on any atom is -0.207 e. The maximum Gasteiger partial charge on any atom is 0.243 e. The molecule has 4 heteroatoms. The van der Waals surface area contributed by atoms with Gasteiger partial charge in [0.2, 0.25) is 10.0 Å². The predicted octanol–water partition coefficient (Wildman–Crippen LogP) is 4.57. The van der Waals surface area contributed by atoms with Crippen LogP contribution >= 0.6 is 0 Å². The Bertz CT molecular complexity index is 1100. The van der Waals surface area contributed by atoms with Gasteiger partial charge >= 0.3 is 0 Å². The van der Waals surface area contributed by atoms with Crippen molar-refractivity contribution in [1.29, 1.82) is 0 Å². The summed E-state index contributed by atoms with van der Waals surface area (Å²) in [7, 11) is -3.48. The first kappa shape index (κ1) is 18.0. The zero-order valence-corrected chi connectivity index (χ0v) is 16.2. The highest BCUT2D eigenvalue weighted by Gasteiger charge is 2.34. The Hall–Kier alpha value is -2.43. The van der Waals surface area contributed by atoms with Crippen LogP contribution in [-0.2, 0) is 16.4 Å². The Labute approximate surface area is 161 Å². The zero-order valence-electron chi connectivity index (χ0n) is 15.4. The van der Waals surface area contributed by atoms with Crippen LogP contribution in [0.4, 0.5) is 0 Å². The number of fused-ring (bicyclic) bond motifs is 1. The van der Waals surface area contributed by atoms with Gasteiger partial charge < -0.3 is 0 Å². The molecule has 3 aromatic rings. The molecule has 1 atom stereocenters. The Kier molecular flexibility index (Phi) is 4.62. The summed E-state index contributed by atoms with van der Waals surface area (Å²) in [6, 6.07) is 21.7. The first-order valence-corrected chi connectivity index (χ1v) is 10.6. The molecule has 3 aromatic carbocycles. The fourth-order valence-electron chi connectivity index (χ4n) is 3.78. The average Bonchev–Trinajstić information content (AvgIpc) is 3.04. The van der Waals surface area contributed by atoms with Gasteiger partial charge in [-0.05, 0) is 47.7 Å². The summed E-state index contributed by atoms with van der Waals surface area (Å²) in [5, 5.41) is 2.44. The van der Waals surface area contributed by atoms with Crippen molar-refractivity contribution in [3.05, 3.63) is 90.0 Å². The summed E-state index contributed by atoms with van der Waals surface area (Å²) in [5.41, 5.74) is 3.28. The van der Waals surface area contributed by atoms with Crippen LogP contribution in [0.25, 0.3) is 10.8 Å². The van der Waals surface area contributed by atoms with E-state index >= 15 is 0 Å². The van der Waals surface area contributed by atoms with Crippen LogP contribution in [-0.4, -0.2) is 25.8 Å². The third-order valence-electron chi connectivity index (χ3n) is 5.39. The van der Waals surface area contributed by atoms with E-state index in [0.717, 1.165) is 17.6 Å². The number of hydrogen-bond donors (Lipinski definition) is 0. The molecule has 1 fully saturated rings. The topological polar surface area (TPSA) is 37.4 Å². The number of benzene rings is 3. The molecule has 1 aliphatic rings. The van der Waals surface area contributed by atoms with E-state index in [0.29, 0.717) is 18.0 Å². The third-order valence-corrected chi connectivity index (χ3v) is 7.21. The van der Waals surface area contributed by atoms with Gasteiger partial charge in [-0.3, -0.25) is 0 Å². The molecule has 138 valence electrons. The van der Waals surface area contributed by atoms with E-state index < -0.39 is 10.0 Å². The number of aryl methyl sites for hydroxylation is 1. The van der Waals surface area contributed by atoms with E-state index in [4.69, 9.17) is 0 Å². The number of hydrogen-bond acceptors (Lipinski definition) is 2. The summed E-state index contributed by atoms with van der Waals surface area (Å²) in [4.78, 5) is 0.353. The predicted molar refractivity (Wildman–Crippen MR) is 110 cm³/mol. The maximum atomic E-state index is 13.0. The lowest BCUT2D eigenvalue weighted by Crippen LogP contribution is -2.29. The lowest BCUT2D eigenvalue weighted by Gasteiger charge is -2.17. The minimum atomic E-state index is -3.48. The smallest absolute Gasteiger partial charge is 0.207 e. The Morgan fingerprint density at radius 2 is 1.70 bits per heavy atom. The molecule has 0 N–H and O–H groups in total. The maximum absolute atomic E-state index is 13.0. The normalized spacial score (nSPS) is 18.3. The van der Waals surface area contributed by atoms with E-state index in [-0.39, 0.29) is 5.92 Å². The summed E-state index contributed by atoms with van der Waals surface area (Å²) in [5.74, 6) is 0.135. The average molecular weight is 378 g/mol. The van der Waals surface area contributed by atoms with Crippen LogP contribution in [0.1, 0.15) is 11.1 Å².